The fourth-order valence-corrected chi connectivity index (χ4v) is 2.06. The highest BCUT2D eigenvalue weighted by molar-refractivity contribution is 4.84. The van der Waals surface area contributed by atoms with E-state index in [0.29, 0.717) is 19.3 Å². The van der Waals surface area contributed by atoms with Crippen LogP contribution in [0, 0.1) is 0 Å². The second-order valence-corrected chi connectivity index (χ2v) is 4.61. The molecule has 15 heavy (non-hydrogen) atoms. The zero-order valence-electron chi connectivity index (χ0n) is 10.1. The van der Waals surface area contributed by atoms with E-state index in [-0.39, 0.29) is 0 Å². The van der Waals surface area contributed by atoms with Crippen molar-refractivity contribution in [2.75, 3.05) is 19.8 Å². The van der Waals surface area contributed by atoms with E-state index in [1.54, 1.807) is 0 Å². The van der Waals surface area contributed by atoms with Crippen LogP contribution in [0.5, 0.6) is 0 Å². The average molecular weight is 215 g/mol. The maximum Gasteiger partial charge on any atom is 0.0815 e. The molecule has 0 aliphatic carbocycles. The Morgan fingerprint density at radius 3 is 2.53 bits per heavy atom. The Balaban J connectivity index is 2.26. The van der Waals surface area contributed by atoms with E-state index in [1.807, 2.05) is 0 Å². The molecule has 1 fully saturated rings. The van der Waals surface area contributed by atoms with Crippen LogP contribution in [0.25, 0.3) is 0 Å². The molecule has 1 unspecified atom stereocenters. The summed E-state index contributed by atoms with van der Waals surface area (Å²) >= 11 is 0. The zero-order chi connectivity index (χ0) is 11.1. The first-order valence-corrected chi connectivity index (χ1v) is 6.23. The van der Waals surface area contributed by atoms with E-state index in [0.717, 1.165) is 25.8 Å². The van der Waals surface area contributed by atoms with Crippen LogP contribution >= 0.6 is 0 Å². The molecule has 0 aromatic rings. The third-order valence-electron chi connectivity index (χ3n) is 3.27. The number of ether oxygens (including phenoxy) is 1. The van der Waals surface area contributed by atoms with E-state index < -0.39 is 5.60 Å². The smallest absolute Gasteiger partial charge is 0.0815 e. The molecule has 0 aromatic carbocycles. The minimum Gasteiger partial charge on any atom is -0.388 e. The van der Waals surface area contributed by atoms with Crippen molar-refractivity contribution in [3.63, 3.8) is 0 Å². The molecule has 0 bridgehead atoms. The Morgan fingerprint density at radius 2 is 2.00 bits per heavy atom. The largest absolute Gasteiger partial charge is 0.388 e. The minimum absolute atomic E-state index is 0.528. The van der Waals surface area contributed by atoms with E-state index >= 15 is 0 Å². The fourth-order valence-electron chi connectivity index (χ4n) is 2.06. The van der Waals surface area contributed by atoms with Crippen LogP contribution in [0.3, 0.4) is 0 Å². The van der Waals surface area contributed by atoms with Gasteiger partial charge in [0.15, 0.2) is 0 Å². The summed E-state index contributed by atoms with van der Waals surface area (Å²) in [7, 11) is 0. The molecule has 1 atom stereocenters. The third kappa shape index (κ3) is 4.49. The van der Waals surface area contributed by atoms with Gasteiger partial charge in [-0.25, -0.2) is 0 Å². The topological polar surface area (TPSA) is 41.5 Å². The van der Waals surface area contributed by atoms with Gasteiger partial charge in [0, 0.05) is 38.6 Å². The minimum atomic E-state index is -0.528. The molecule has 1 aliphatic rings. The Labute approximate surface area is 93.2 Å². The van der Waals surface area contributed by atoms with Gasteiger partial charge in [0.25, 0.3) is 0 Å². The summed E-state index contributed by atoms with van der Waals surface area (Å²) in [5, 5.41) is 13.7. The number of hydrogen-bond acceptors (Lipinski definition) is 3. The molecule has 0 aromatic heterocycles. The van der Waals surface area contributed by atoms with Gasteiger partial charge in [0.1, 0.15) is 0 Å². The molecule has 0 saturated carbocycles. The lowest BCUT2D eigenvalue weighted by atomic mass is 9.94. The summed E-state index contributed by atoms with van der Waals surface area (Å²) in [4.78, 5) is 0. The lowest BCUT2D eigenvalue weighted by Gasteiger charge is -2.33. The Bertz CT molecular complexity index is 167. The van der Waals surface area contributed by atoms with Gasteiger partial charge in [-0.05, 0) is 12.8 Å². The van der Waals surface area contributed by atoms with Crippen molar-refractivity contribution >= 4 is 0 Å². The Kier molecular flexibility index (Phi) is 5.58. The number of rotatable bonds is 6. The van der Waals surface area contributed by atoms with Crippen LogP contribution in [-0.2, 0) is 4.74 Å². The van der Waals surface area contributed by atoms with E-state index in [4.69, 9.17) is 4.74 Å². The van der Waals surface area contributed by atoms with Gasteiger partial charge < -0.3 is 15.2 Å². The summed E-state index contributed by atoms with van der Waals surface area (Å²) < 4.78 is 5.26. The van der Waals surface area contributed by atoms with Gasteiger partial charge in [-0.1, -0.05) is 20.3 Å². The fraction of sp³-hybridized carbons (Fsp3) is 1.00. The highest BCUT2D eigenvalue weighted by atomic mass is 16.5. The molecule has 3 heteroatoms. The predicted octanol–water partition coefficient (Wildman–Crippen LogP) is 1.70. The van der Waals surface area contributed by atoms with Crippen LogP contribution in [-0.4, -0.2) is 36.5 Å². The molecular formula is C12H25NO2. The first-order chi connectivity index (χ1) is 7.20. The van der Waals surface area contributed by atoms with Gasteiger partial charge >= 0.3 is 0 Å². The predicted molar refractivity (Wildman–Crippen MR) is 62.0 cm³/mol. The van der Waals surface area contributed by atoms with Crippen LogP contribution in [0.4, 0.5) is 0 Å². The standard InChI is InChI=1S/C12H25NO2/c1-3-5-11(4-2)13-10-12(14)6-8-15-9-7-12/h11,13-14H,3-10H2,1-2H3. The molecule has 2 N–H and O–H groups in total. The Hall–Kier alpha value is -0.120. The van der Waals surface area contributed by atoms with Crippen molar-refractivity contribution in [3.8, 4) is 0 Å². The van der Waals surface area contributed by atoms with E-state index in [9.17, 15) is 5.11 Å². The van der Waals surface area contributed by atoms with E-state index in [2.05, 4.69) is 19.2 Å². The second kappa shape index (κ2) is 6.46. The summed E-state index contributed by atoms with van der Waals surface area (Å²) in [5.74, 6) is 0. The molecular weight excluding hydrogens is 190 g/mol. The number of nitrogens with one attached hydrogen (secondary N) is 1. The first-order valence-electron chi connectivity index (χ1n) is 6.23. The maximum atomic E-state index is 10.2. The molecule has 3 nitrogen and oxygen atoms in total. The molecule has 0 radical (unpaired) electrons. The van der Waals surface area contributed by atoms with Gasteiger partial charge in [0.2, 0.25) is 0 Å². The average Bonchev–Trinajstić information content (AvgIpc) is 2.25. The Morgan fingerprint density at radius 1 is 1.33 bits per heavy atom. The second-order valence-electron chi connectivity index (χ2n) is 4.61. The van der Waals surface area contributed by atoms with Crippen molar-refractivity contribution in [2.45, 2.75) is 57.6 Å². The van der Waals surface area contributed by atoms with Crippen LogP contribution in [0.15, 0.2) is 0 Å². The summed E-state index contributed by atoms with van der Waals surface area (Å²) in [6.07, 6.45) is 5.07. The molecule has 90 valence electrons. The van der Waals surface area contributed by atoms with Crippen LogP contribution in [0.1, 0.15) is 46.0 Å². The van der Waals surface area contributed by atoms with Crippen molar-refractivity contribution in [1.82, 2.24) is 5.32 Å². The van der Waals surface area contributed by atoms with Gasteiger partial charge in [-0.3, -0.25) is 0 Å². The van der Waals surface area contributed by atoms with Gasteiger partial charge in [-0.2, -0.15) is 0 Å². The highest BCUT2D eigenvalue weighted by Gasteiger charge is 2.29. The van der Waals surface area contributed by atoms with E-state index in [1.165, 1.54) is 12.8 Å². The third-order valence-corrected chi connectivity index (χ3v) is 3.27. The van der Waals surface area contributed by atoms with Crippen molar-refractivity contribution < 1.29 is 9.84 Å². The van der Waals surface area contributed by atoms with Gasteiger partial charge in [0.05, 0.1) is 5.60 Å². The normalized spacial score (nSPS) is 22.6. The zero-order valence-corrected chi connectivity index (χ0v) is 10.1. The number of aliphatic hydroxyl groups is 1. The van der Waals surface area contributed by atoms with Crippen molar-refractivity contribution in [2.24, 2.45) is 0 Å². The molecule has 1 heterocycles. The highest BCUT2D eigenvalue weighted by Crippen LogP contribution is 2.19. The lowest BCUT2D eigenvalue weighted by molar-refractivity contribution is -0.0629. The SMILES string of the molecule is CCCC(CC)NCC1(O)CCOCC1. The lowest BCUT2D eigenvalue weighted by Crippen LogP contribution is -2.47. The molecule has 0 spiro atoms. The monoisotopic (exact) mass is 215 g/mol. The summed E-state index contributed by atoms with van der Waals surface area (Å²) in [6, 6.07) is 0.557. The molecule has 1 saturated heterocycles. The summed E-state index contributed by atoms with van der Waals surface area (Å²) in [6.45, 7) is 6.51. The van der Waals surface area contributed by atoms with Crippen LogP contribution in [0.2, 0.25) is 0 Å². The summed E-state index contributed by atoms with van der Waals surface area (Å²) in [5.41, 5.74) is -0.528. The van der Waals surface area contributed by atoms with Crippen LogP contribution < -0.4 is 5.32 Å². The number of hydrogen-bond donors (Lipinski definition) is 2. The molecule has 1 aliphatic heterocycles. The van der Waals surface area contributed by atoms with Crippen molar-refractivity contribution in [1.29, 1.82) is 0 Å². The van der Waals surface area contributed by atoms with Gasteiger partial charge in [-0.15, -0.1) is 0 Å². The molecule has 1 rings (SSSR count). The maximum absolute atomic E-state index is 10.2. The first kappa shape index (κ1) is 12.9. The molecule has 0 amide bonds. The van der Waals surface area contributed by atoms with Crippen molar-refractivity contribution in [3.05, 3.63) is 0 Å². The quantitative estimate of drug-likeness (QED) is 0.708.